The minimum atomic E-state index is -1.87. The van der Waals surface area contributed by atoms with Crippen LogP contribution in [0.5, 0.6) is 0 Å². The molecule has 5 amide bonds. The van der Waals surface area contributed by atoms with Gasteiger partial charge in [-0.1, -0.05) is 0 Å². The summed E-state index contributed by atoms with van der Waals surface area (Å²) in [6.07, 6.45) is -3.93. The SMILES string of the molecule is CC(O)C(NC(=O)C(CC(N)=O)NC(=O)C(N)CC(N)=O)C(=O)NC(CC(=O)O)C(=O)O. The number of aliphatic hydroxyl groups is 1. The fourth-order valence-electron chi connectivity index (χ4n) is 2.29. The van der Waals surface area contributed by atoms with Crippen LogP contribution in [0.1, 0.15) is 26.2 Å². The molecule has 0 radical (unpaired) electrons. The van der Waals surface area contributed by atoms with Crippen LogP contribution in [0.2, 0.25) is 0 Å². The first-order chi connectivity index (χ1) is 14.6. The molecule has 0 fully saturated rings. The number of carbonyl (C=O) groups excluding carboxylic acids is 5. The van der Waals surface area contributed by atoms with Crippen molar-refractivity contribution in [3.63, 3.8) is 0 Å². The van der Waals surface area contributed by atoms with Gasteiger partial charge < -0.3 is 48.5 Å². The first kappa shape index (κ1) is 28.2. The van der Waals surface area contributed by atoms with Crippen LogP contribution in [0.4, 0.5) is 0 Å². The van der Waals surface area contributed by atoms with Gasteiger partial charge in [-0.2, -0.15) is 0 Å². The Hall–Kier alpha value is -3.79. The Morgan fingerprint density at radius 2 is 1.25 bits per heavy atom. The van der Waals surface area contributed by atoms with Gasteiger partial charge in [0.05, 0.1) is 31.4 Å². The zero-order valence-electron chi connectivity index (χ0n) is 16.9. The Labute approximate surface area is 180 Å². The van der Waals surface area contributed by atoms with Crippen molar-refractivity contribution < 1.29 is 48.9 Å². The largest absolute Gasteiger partial charge is 0.481 e. The van der Waals surface area contributed by atoms with E-state index in [-0.39, 0.29) is 0 Å². The molecule has 180 valence electrons. The molecule has 0 saturated heterocycles. The van der Waals surface area contributed by atoms with E-state index in [9.17, 15) is 38.7 Å². The second kappa shape index (κ2) is 12.8. The first-order valence-electron chi connectivity index (χ1n) is 9.01. The van der Waals surface area contributed by atoms with Gasteiger partial charge in [-0.25, -0.2) is 4.79 Å². The van der Waals surface area contributed by atoms with Crippen LogP contribution >= 0.6 is 0 Å². The van der Waals surface area contributed by atoms with E-state index in [2.05, 4.69) is 5.32 Å². The van der Waals surface area contributed by atoms with Gasteiger partial charge in [0.1, 0.15) is 18.1 Å². The monoisotopic (exact) mass is 462 g/mol. The van der Waals surface area contributed by atoms with Crippen LogP contribution in [0.25, 0.3) is 0 Å². The molecule has 0 saturated carbocycles. The van der Waals surface area contributed by atoms with Crippen LogP contribution < -0.4 is 33.2 Å². The fourth-order valence-corrected chi connectivity index (χ4v) is 2.29. The topological polar surface area (TPSA) is 294 Å². The Morgan fingerprint density at radius 1 is 0.750 bits per heavy atom. The molecule has 0 bridgehead atoms. The molecule has 0 aliphatic carbocycles. The van der Waals surface area contributed by atoms with Crippen molar-refractivity contribution in [3.05, 3.63) is 0 Å². The second-order valence-electron chi connectivity index (χ2n) is 6.73. The number of aliphatic carboxylic acids is 2. The Morgan fingerprint density at radius 3 is 1.66 bits per heavy atom. The van der Waals surface area contributed by atoms with Gasteiger partial charge in [-0.05, 0) is 6.92 Å². The number of nitrogens with two attached hydrogens (primary N) is 3. The summed E-state index contributed by atoms with van der Waals surface area (Å²) in [6.45, 7) is 1.06. The molecule has 0 rings (SSSR count). The Bertz CT molecular complexity index is 770. The van der Waals surface area contributed by atoms with Gasteiger partial charge in [0, 0.05) is 0 Å². The number of amides is 5. The lowest BCUT2D eigenvalue weighted by atomic mass is 10.1. The van der Waals surface area contributed by atoms with Crippen molar-refractivity contribution in [1.82, 2.24) is 16.0 Å². The number of aliphatic hydroxyl groups excluding tert-OH is 1. The standard InChI is InChI=1S/C16H26N6O10/c1-5(23)12(15(30)21-8(16(31)32)4-11(26)27)22-14(29)7(3-10(19)25)20-13(28)6(17)2-9(18)24/h5-8,12,23H,2-4,17H2,1H3,(H2,18,24)(H2,19,25)(H,20,28)(H,21,30)(H,22,29)(H,26,27)(H,31,32). The van der Waals surface area contributed by atoms with Gasteiger partial charge in [0.15, 0.2) is 0 Å². The molecule has 32 heavy (non-hydrogen) atoms. The zero-order valence-corrected chi connectivity index (χ0v) is 16.9. The predicted molar refractivity (Wildman–Crippen MR) is 103 cm³/mol. The van der Waals surface area contributed by atoms with Crippen LogP contribution in [0, 0.1) is 0 Å². The fraction of sp³-hybridized carbons (Fsp3) is 0.562. The number of primary amides is 2. The number of nitrogens with one attached hydrogen (secondary N) is 3. The number of carboxylic acid groups (broad SMARTS) is 2. The number of hydrogen-bond acceptors (Lipinski definition) is 9. The minimum absolute atomic E-state index is 0.574. The number of carboxylic acids is 2. The van der Waals surface area contributed by atoms with Crippen molar-refractivity contribution in [1.29, 1.82) is 0 Å². The van der Waals surface area contributed by atoms with E-state index in [1.165, 1.54) is 0 Å². The maximum atomic E-state index is 12.5. The minimum Gasteiger partial charge on any atom is -0.481 e. The number of hydrogen-bond donors (Lipinski definition) is 9. The lowest BCUT2D eigenvalue weighted by molar-refractivity contribution is -0.148. The van der Waals surface area contributed by atoms with E-state index in [0.717, 1.165) is 6.92 Å². The van der Waals surface area contributed by atoms with Gasteiger partial charge in [0.2, 0.25) is 29.5 Å². The zero-order chi connectivity index (χ0) is 25.2. The van der Waals surface area contributed by atoms with Crippen LogP contribution in [-0.4, -0.2) is 87.1 Å². The summed E-state index contributed by atoms with van der Waals surface area (Å²) in [5.74, 6) is -8.66. The average molecular weight is 462 g/mol. The van der Waals surface area contributed by atoms with E-state index in [1.54, 1.807) is 0 Å². The highest BCUT2D eigenvalue weighted by Crippen LogP contribution is 2.02. The summed E-state index contributed by atoms with van der Waals surface area (Å²) in [4.78, 5) is 80.8. The molecule has 0 aliphatic heterocycles. The quantitative estimate of drug-likeness (QED) is 0.117. The van der Waals surface area contributed by atoms with Crippen molar-refractivity contribution >= 4 is 41.5 Å². The molecule has 0 aromatic carbocycles. The van der Waals surface area contributed by atoms with E-state index >= 15 is 0 Å². The van der Waals surface area contributed by atoms with E-state index in [4.69, 9.17) is 27.4 Å². The summed E-state index contributed by atoms with van der Waals surface area (Å²) >= 11 is 0. The molecule has 5 atom stereocenters. The van der Waals surface area contributed by atoms with Gasteiger partial charge in [-0.3, -0.25) is 28.8 Å². The lowest BCUT2D eigenvalue weighted by Crippen LogP contribution is -2.60. The summed E-state index contributed by atoms with van der Waals surface area (Å²) in [6, 6.07) is -6.81. The molecule has 0 spiro atoms. The molecule has 16 nitrogen and oxygen atoms in total. The van der Waals surface area contributed by atoms with Crippen molar-refractivity contribution in [3.8, 4) is 0 Å². The molecule has 0 aromatic rings. The predicted octanol–water partition coefficient (Wildman–Crippen LogP) is -5.54. The van der Waals surface area contributed by atoms with Gasteiger partial charge in [-0.15, -0.1) is 0 Å². The number of rotatable bonds is 14. The molecule has 16 heteroatoms. The van der Waals surface area contributed by atoms with Gasteiger partial charge in [0.25, 0.3) is 0 Å². The number of carbonyl (C=O) groups is 7. The Balaban J connectivity index is 5.47. The smallest absolute Gasteiger partial charge is 0.326 e. The van der Waals surface area contributed by atoms with Crippen LogP contribution in [0.3, 0.4) is 0 Å². The molecule has 12 N–H and O–H groups in total. The highest BCUT2D eigenvalue weighted by atomic mass is 16.4. The average Bonchev–Trinajstić information content (AvgIpc) is 2.62. The van der Waals surface area contributed by atoms with E-state index in [0.29, 0.717) is 0 Å². The van der Waals surface area contributed by atoms with Crippen molar-refractivity contribution in [2.24, 2.45) is 17.2 Å². The maximum absolute atomic E-state index is 12.5. The van der Waals surface area contributed by atoms with Crippen molar-refractivity contribution in [2.45, 2.75) is 56.5 Å². The third-order valence-corrected chi connectivity index (χ3v) is 3.85. The normalized spacial score (nSPS) is 15.2. The summed E-state index contributed by atoms with van der Waals surface area (Å²) in [5, 5.41) is 33.4. The maximum Gasteiger partial charge on any atom is 0.326 e. The molecular weight excluding hydrogens is 436 g/mol. The van der Waals surface area contributed by atoms with E-state index < -0.39 is 91.0 Å². The first-order valence-corrected chi connectivity index (χ1v) is 9.01. The Kier molecular flexibility index (Phi) is 11.3. The molecule has 0 aliphatic rings. The molecule has 0 heterocycles. The van der Waals surface area contributed by atoms with E-state index in [1.807, 2.05) is 10.6 Å². The molecule has 5 unspecified atom stereocenters. The summed E-state index contributed by atoms with van der Waals surface area (Å²) in [7, 11) is 0. The lowest BCUT2D eigenvalue weighted by Gasteiger charge is -2.25. The summed E-state index contributed by atoms with van der Waals surface area (Å²) < 4.78 is 0. The van der Waals surface area contributed by atoms with Gasteiger partial charge >= 0.3 is 11.9 Å². The van der Waals surface area contributed by atoms with Crippen LogP contribution in [-0.2, 0) is 33.6 Å². The molecular formula is C16H26N6O10. The van der Waals surface area contributed by atoms with Crippen molar-refractivity contribution in [2.75, 3.05) is 0 Å². The third kappa shape index (κ3) is 10.3. The second-order valence-corrected chi connectivity index (χ2v) is 6.73. The highest BCUT2D eigenvalue weighted by Gasteiger charge is 2.34. The summed E-state index contributed by atoms with van der Waals surface area (Å²) in [5.41, 5.74) is 15.4. The van der Waals surface area contributed by atoms with Crippen LogP contribution in [0.15, 0.2) is 0 Å². The highest BCUT2D eigenvalue weighted by molar-refractivity contribution is 5.97. The third-order valence-electron chi connectivity index (χ3n) is 3.85. The molecule has 0 aromatic heterocycles.